The lowest BCUT2D eigenvalue weighted by molar-refractivity contribution is -0.0514. The summed E-state index contributed by atoms with van der Waals surface area (Å²) in [6.07, 6.45) is 5.30. The van der Waals surface area contributed by atoms with Crippen LogP contribution in [0.1, 0.15) is 38.2 Å². The van der Waals surface area contributed by atoms with Gasteiger partial charge in [-0.15, -0.1) is 0 Å². The van der Waals surface area contributed by atoms with Crippen molar-refractivity contribution < 1.29 is 18.3 Å². The summed E-state index contributed by atoms with van der Waals surface area (Å²) in [5, 5.41) is 3.39. The Hall–Kier alpha value is -1.36. The third-order valence-corrected chi connectivity index (χ3v) is 3.81. The Bertz CT molecular complexity index is 436. The Kier molecular flexibility index (Phi) is 6.23. The molecule has 0 radical (unpaired) electrons. The number of nitrogens with one attached hydrogen (secondary N) is 1. The van der Waals surface area contributed by atoms with Gasteiger partial charge in [0.1, 0.15) is 0 Å². The van der Waals surface area contributed by atoms with Crippen molar-refractivity contribution in [3.63, 3.8) is 0 Å². The fourth-order valence-electron chi connectivity index (χ4n) is 2.44. The molecule has 0 atom stereocenters. The minimum atomic E-state index is -2.84. The lowest BCUT2D eigenvalue weighted by Crippen LogP contribution is -2.21. The standard InChI is InChI=1S/C16H23F2NO2/c1-2-20-15-10-13(6-7-14(15)21-16(17)18)11-19-9-8-12-4-3-5-12/h6-7,10,12,16,19H,2-5,8-9,11H2,1H3. The van der Waals surface area contributed by atoms with E-state index in [9.17, 15) is 8.78 Å². The van der Waals surface area contributed by atoms with Gasteiger partial charge < -0.3 is 14.8 Å². The molecule has 0 spiro atoms. The fraction of sp³-hybridized carbons (Fsp3) is 0.625. The maximum atomic E-state index is 12.3. The molecule has 1 aliphatic carbocycles. The average molecular weight is 299 g/mol. The number of benzene rings is 1. The molecule has 0 amide bonds. The third kappa shape index (κ3) is 5.16. The topological polar surface area (TPSA) is 30.5 Å². The number of halogens is 2. The second-order valence-corrected chi connectivity index (χ2v) is 5.35. The molecular weight excluding hydrogens is 276 g/mol. The molecule has 3 nitrogen and oxygen atoms in total. The first-order chi connectivity index (χ1) is 10.2. The molecule has 0 bridgehead atoms. The first-order valence-electron chi connectivity index (χ1n) is 7.60. The Labute approximate surface area is 124 Å². The lowest BCUT2D eigenvalue weighted by atomic mass is 9.83. The van der Waals surface area contributed by atoms with Gasteiger partial charge in [-0.3, -0.25) is 0 Å². The molecule has 0 saturated heterocycles. The highest BCUT2D eigenvalue weighted by atomic mass is 19.3. The van der Waals surface area contributed by atoms with Crippen LogP contribution in [0.25, 0.3) is 0 Å². The van der Waals surface area contributed by atoms with Crippen molar-refractivity contribution in [3.8, 4) is 11.5 Å². The van der Waals surface area contributed by atoms with Gasteiger partial charge in [-0.1, -0.05) is 25.3 Å². The van der Waals surface area contributed by atoms with Gasteiger partial charge in [-0.05, 0) is 43.5 Å². The van der Waals surface area contributed by atoms with Crippen LogP contribution >= 0.6 is 0 Å². The molecule has 1 fully saturated rings. The zero-order valence-electron chi connectivity index (χ0n) is 12.4. The van der Waals surface area contributed by atoms with E-state index in [1.807, 2.05) is 6.92 Å². The monoisotopic (exact) mass is 299 g/mol. The zero-order valence-corrected chi connectivity index (χ0v) is 12.4. The van der Waals surface area contributed by atoms with Crippen LogP contribution in [-0.4, -0.2) is 19.8 Å². The van der Waals surface area contributed by atoms with E-state index in [-0.39, 0.29) is 5.75 Å². The van der Waals surface area contributed by atoms with Crippen LogP contribution in [-0.2, 0) is 6.54 Å². The van der Waals surface area contributed by atoms with Crippen LogP contribution < -0.4 is 14.8 Å². The molecule has 1 aromatic rings. The van der Waals surface area contributed by atoms with Crippen LogP contribution in [0, 0.1) is 5.92 Å². The second-order valence-electron chi connectivity index (χ2n) is 5.35. The van der Waals surface area contributed by atoms with E-state index in [1.165, 1.54) is 25.7 Å². The van der Waals surface area contributed by atoms with Crippen LogP contribution in [0.2, 0.25) is 0 Å². The average Bonchev–Trinajstić information content (AvgIpc) is 2.39. The zero-order chi connectivity index (χ0) is 15.1. The van der Waals surface area contributed by atoms with E-state index >= 15 is 0 Å². The van der Waals surface area contributed by atoms with Crippen molar-refractivity contribution in [1.29, 1.82) is 0 Å². The molecule has 1 aromatic carbocycles. The Balaban J connectivity index is 1.85. The molecule has 1 N–H and O–H groups in total. The number of ether oxygens (including phenoxy) is 2. The van der Waals surface area contributed by atoms with Gasteiger partial charge in [0, 0.05) is 6.54 Å². The lowest BCUT2D eigenvalue weighted by Gasteiger charge is -2.25. The number of rotatable bonds is 9. The summed E-state index contributed by atoms with van der Waals surface area (Å²) >= 11 is 0. The largest absolute Gasteiger partial charge is 0.490 e. The second kappa shape index (κ2) is 8.17. The van der Waals surface area contributed by atoms with Gasteiger partial charge in [-0.25, -0.2) is 0 Å². The Morgan fingerprint density at radius 3 is 2.71 bits per heavy atom. The molecule has 0 unspecified atom stereocenters. The molecule has 0 aliphatic heterocycles. The van der Waals surface area contributed by atoms with Gasteiger partial charge in [-0.2, -0.15) is 8.78 Å². The summed E-state index contributed by atoms with van der Waals surface area (Å²) < 4.78 is 34.4. The normalized spacial score (nSPS) is 15.0. The summed E-state index contributed by atoms with van der Waals surface area (Å²) in [7, 11) is 0. The van der Waals surface area contributed by atoms with Crippen LogP contribution in [0.15, 0.2) is 18.2 Å². The molecule has 118 valence electrons. The molecule has 2 rings (SSSR count). The van der Waals surface area contributed by atoms with Crippen molar-refractivity contribution in [3.05, 3.63) is 23.8 Å². The number of hydrogen-bond acceptors (Lipinski definition) is 3. The van der Waals surface area contributed by atoms with Gasteiger partial charge >= 0.3 is 6.61 Å². The van der Waals surface area contributed by atoms with Crippen molar-refractivity contribution in [2.75, 3.05) is 13.2 Å². The smallest absolute Gasteiger partial charge is 0.387 e. The van der Waals surface area contributed by atoms with Crippen molar-refractivity contribution in [1.82, 2.24) is 5.32 Å². The van der Waals surface area contributed by atoms with Crippen molar-refractivity contribution >= 4 is 0 Å². The maximum Gasteiger partial charge on any atom is 0.387 e. The summed E-state index contributed by atoms with van der Waals surface area (Å²) in [5.74, 6) is 1.35. The van der Waals surface area contributed by atoms with Crippen LogP contribution in [0.4, 0.5) is 8.78 Å². The predicted octanol–water partition coefficient (Wildman–Crippen LogP) is 3.97. The Morgan fingerprint density at radius 1 is 1.29 bits per heavy atom. The van der Waals surface area contributed by atoms with Crippen LogP contribution in [0.5, 0.6) is 11.5 Å². The van der Waals surface area contributed by atoms with E-state index in [1.54, 1.807) is 18.2 Å². The van der Waals surface area contributed by atoms with Crippen molar-refractivity contribution in [2.24, 2.45) is 5.92 Å². The quantitative estimate of drug-likeness (QED) is 0.700. The predicted molar refractivity (Wildman–Crippen MR) is 77.9 cm³/mol. The maximum absolute atomic E-state index is 12.3. The first-order valence-corrected chi connectivity index (χ1v) is 7.60. The summed E-state index contributed by atoms with van der Waals surface area (Å²) in [5.41, 5.74) is 1.01. The van der Waals surface area contributed by atoms with E-state index in [0.29, 0.717) is 18.9 Å². The molecule has 1 aliphatic rings. The SMILES string of the molecule is CCOc1cc(CNCCC2CCC2)ccc1OC(F)F. The van der Waals surface area contributed by atoms with Gasteiger partial charge in [0.2, 0.25) is 0 Å². The van der Waals surface area contributed by atoms with Gasteiger partial charge in [0.05, 0.1) is 6.61 Å². The first kappa shape index (κ1) is 16.0. The molecular formula is C16H23F2NO2. The third-order valence-electron chi connectivity index (χ3n) is 3.81. The van der Waals surface area contributed by atoms with Crippen molar-refractivity contribution in [2.45, 2.75) is 45.8 Å². The minimum Gasteiger partial charge on any atom is -0.490 e. The van der Waals surface area contributed by atoms with E-state index < -0.39 is 6.61 Å². The highest BCUT2D eigenvalue weighted by Crippen LogP contribution is 2.30. The highest BCUT2D eigenvalue weighted by Gasteiger charge is 2.16. The number of alkyl halides is 2. The van der Waals surface area contributed by atoms with E-state index in [2.05, 4.69) is 10.1 Å². The molecule has 5 heteroatoms. The molecule has 21 heavy (non-hydrogen) atoms. The van der Waals surface area contributed by atoms with Crippen LogP contribution in [0.3, 0.4) is 0 Å². The van der Waals surface area contributed by atoms with E-state index in [0.717, 1.165) is 18.0 Å². The highest BCUT2D eigenvalue weighted by molar-refractivity contribution is 5.43. The minimum absolute atomic E-state index is 0.0880. The van der Waals surface area contributed by atoms with Gasteiger partial charge in [0.25, 0.3) is 0 Å². The van der Waals surface area contributed by atoms with Gasteiger partial charge in [0.15, 0.2) is 11.5 Å². The number of hydrogen-bond donors (Lipinski definition) is 1. The molecule has 0 heterocycles. The summed E-state index contributed by atoms with van der Waals surface area (Å²) in [6.45, 7) is 1.09. The molecule has 0 aromatic heterocycles. The summed E-state index contributed by atoms with van der Waals surface area (Å²) in [6, 6.07) is 5.09. The van der Waals surface area contributed by atoms with E-state index in [4.69, 9.17) is 4.74 Å². The Morgan fingerprint density at radius 2 is 2.10 bits per heavy atom. The summed E-state index contributed by atoms with van der Waals surface area (Å²) in [4.78, 5) is 0. The fourth-order valence-corrected chi connectivity index (χ4v) is 2.44. The molecule has 1 saturated carbocycles.